The number of piperidine rings is 1. The third kappa shape index (κ3) is 2.76. The first-order valence-electron chi connectivity index (χ1n) is 7.43. The van der Waals surface area contributed by atoms with Gasteiger partial charge in [0.25, 0.3) is 0 Å². The van der Waals surface area contributed by atoms with E-state index in [0.29, 0.717) is 12.0 Å². The van der Waals surface area contributed by atoms with E-state index < -0.39 is 0 Å². The Morgan fingerprint density at radius 2 is 2.15 bits per heavy atom. The summed E-state index contributed by atoms with van der Waals surface area (Å²) in [6, 6.07) is 5.65. The van der Waals surface area contributed by atoms with Crippen molar-refractivity contribution >= 4 is 0 Å². The molecule has 0 aliphatic carbocycles. The van der Waals surface area contributed by atoms with Gasteiger partial charge in [0.15, 0.2) is 0 Å². The van der Waals surface area contributed by atoms with Crippen LogP contribution >= 0.6 is 0 Å². The third-order valence-electron chi connectivity index (χ3n) is 4.75. The van der Waals surface area contributed by atoms with E-state index in [0.717, 1.165) is 12.3 Å². The molecule has 3 rings (SSSR count). The molecule has 2 aliphatic rings. The highest BCUT2D eigenvalue weighted by atomic mass is 16.5. The summed E-state index contributed by atoms with van der Waals surface area (Å²) in [6.07, 6.45) is 2.49. The molecule has 0 aromatic heterocycles. The zero-order valence-electron chi connectivity index (χ0n) is 12.4. The smallest absolute Gasteiger partial charge is 0.127 e. The summed E-state index contributed by atoms with van der Waals surface area (Å²) in [5.74, 6) is 1.09. The van der Waals surface area contributed by atoms with Crippen LogP contribution in [0.4, 0.5) is 0 Å². The van der Waals surface area contributed by atoms with Crippen LogP contribution in [-0.2, 0) is 0 Å². The number of benzene rings is 1. The standard InChI is InChI=1S/C16H24N2O2/c1-16(5-7-18(2)8-6-16)11-17-14-10-20-15-9-12(19)3-4-13(14)15/h3-4,9,14,17,19H,5-8,10-11H2,1-2H3. The van der Waals surface area contributed by atoms with E-state index in [4.69, 9.17) is 4.74 Å². The molecule has 4 nitrogen and oxygen atoms in total. The first-order valence-corrected chi connectivity index (χ1v) is 7.43. The average Bonchev–Trinajstić information content (AvgIpc) is 2.83. The largest absolute Gasteiger partial charge is 0.508 e. The van der Waals surface area contributed by atoms with Crippen LogP contribution in [0.15, 0.2) is 18.2 Å². The fourth-order valence-corrected chi connectivity index (χ4v) is 3.07. The number of hydrogen-bond acceptors (Lipinski definition) is 4. The van der Waals surface area contributed by atoms with E-state index in [1.807, 2.05) is 6.07 Å². The van der Waals surface area contributed by atoms with Crippen LogP contribution < -0.4 is 10.1 Å². The molecule has 4 heteroatoms. The normalized spacial score (nSPS) is 25.2. The second-order valence-electron chi connectivity index (χ2n) is 6.58. The second-order valence-corrected chi connectivity index (χ2v) is 6.58. The molecular weight excluding hydrogens is 252 g/mol. The first-order chi connectivity index (χ1) is 9.56. The zero-order chi connectivity index (χ0) is 14.2. The van der Waals surface area contributed by atoms with Crippen molar-refractivity contribution in [2.45, 2.75) is 25.8 Å². The number of nitrogens with one attached hydrogen (secondary N) is 1. The lowest BCUT2D eigenvalue weighted by atomic mass is 9.80. The Labute approximate surface area is 120 Å². The number of nitrogens with zero attached hydrogens (tertiary/aromatic N) is 1. The van der Waals surface area contributed by atoms with Gasteiger partial charge in [0.2, 0.25) is 0 Å². The molecule has 1 atom stereocenters. The summed E-state index contributed by atoms with van der Waals surface area (Å²) in [5, 5.41) is 13.1. The van der Waals surface area contributed by atoms with Crippen LogP contribution in [0.3, 0.4) is 0 Å². The maximum absolute atomic E-state index is 9.48. The van der Waals surface area contributed by atoms with Crippen LogP contribution in [0.1, 0.15) is 31.4 Å². The zero-order valence-corrected chi connectivity index (χ0v) is 12.4. The molecule has 2 aliphatic heterocycles. The quantitative estimate of drug-likeness (QED) is 0.888. The Morgan fingerprint density at radius 1 is 1.40 bits per heavy atom. The van der Waals surface area contributed by atoms with Gasteiger partial charge in [-0.05, 0) is 50.5 Å². The minimum absolute atomic E-state index is 0.252. The van der Waals surface area contributed by atoms with Crippen molar-refractivity contribution in [1.29, 1.82) is 0 Å². The summed E-state index contributed by atoms with van der Waals surface area (Å²) in [7, 11) is 2.19. The highest BCUT2D eigenvalue weighted by molar-refractivity contribution is 5.44. The van der Waals surface area contributed by atoms with Gasteiger partial charge in [0.05, 0.1) is 6.04 Å². The molecule has 110 valence electrons. The van der Waals surface area contributed by atoms with Crippen molar-refractivity contribution in [1.82, 2.24) is 10.2 Å². The summed E-state index contributed by atoms with van der Waals surface area (Å²) < 4.78 is 5.65. The summed E-state index contributed by atoms with van der Waals surface area (Å²) in [6.45, 7) is 6.43. The van der Waals surface area contributed by atoms with Gasteiger partial charge in [0.1, 0.15) is 18.1 Å². The summed E-state index contributed by atoms with van der Waals surface area (Å²) in [4.78, 5) is 2.40. The predicted molar refractivity (Wildman–Crippen MR) is 79.2 cm³/mol. The van der Waals surface area contributed by atoms with Crippen molar-refractivity contribution in [2.24, 2.45) is 5.41 Å². The third-order valence-corrected chi connectivity index (χ3v) is 4.75. The monoisotopic (exact) mass is 276 g/mol. The Morgan fingerprint density at radius 3 is 2.90 bits per heavy atom. The molecule has 0 amide bonds. The minimum atomic E-state index is 0.252. The van der Waals surface area contributed by atoms with Gasteiger partial charge >= 0.3 is 0 Å². The number of hydrogen-bond donors (Lipinski definition) is 2. The molecule has 1 aromatic carbocycles. The van der Waals surface area contributed by atoms with Crippen molar-refractivity contribution in [3.63, 3.8) is 0 Å². The SMILES string of the molecule is CN1CCC(C)(CNC2COc3cc(O)ccc32)CC1. The Bertz CT molecular complexity index is 481. The molecular formula is C16H24N2O2. The number of likely N-dealkylation sites (tertiary alicyclic amines) is 1. The van der Waals surface area contributed by atoms with Crippen molar-refractivity contribution in [2.75, 3.05) is 33.3 Å². The highest BCUT2D eigenvalue weighted by Gasteiger charge is 2.31. The Hall–Kier alpha value is -1.26. The number of phenols is 1. The van der Waals surface area contributed by atoms with E-state index >= 15 is 0 Å². The fourth-order valence-electron chi connectivity index (χ4n) is 3.07. The molecule has 0 saturated carbocycles. The predicted octanol–water partition coefficient (Wildman–Crippen LogP) is 2.15. The van der Waals surface area contributed by atoms with E-state index in [2.05, 4.69) is 24.2 Å². The van der Waals surface area contributed by atoms with E-state index in [-0.39, 0.29) is 11.8 Å². The van der Waals surface area contributed by atoms with E-state index in [9.17, 15) is 5.11 Å². The van der Waals surface area contributed by atoms with Gasteiger partial charge in [-0.3, -0.25) is 0 Å². The minimum Gasteiger partial charge on any atom is -0.508 e. The summed E-state index contributed by atoms with van der Waals surface area (Å²) in [5.41, 5.74) is 1.55. The van der Waals surface area contributed by atoms with E-state index in [1.165, 1.54) is 31.5 Å². The topological polar surface area (TPSA) is 44.7 Å². The molecule has 0 radical (unpaired) electrons. The maximum atomic E-state index is 9.48. The van der Waals surface area contributed by atoms with Crippen molar-refractivity contribution < 1.29 is 9.84 Å². The molecule has 0 bridgehead atoms. The molecule has 1 saturated heterocycles. The highest BCUT2D eigenvalue weighted by Crippen LogP contribution is 2.36. The van der Waals surface area contributed by atoms with Crippen LogP contribution in [-0.4, -0.2) is 43.3 Å². The average molecular weight is 276 g/mol. The lowest BCUT2D eigenvalue weighted by Gasteiger charge is -2.38. The second kappa shape index (κ2) is 5.26. The van der Waals surface area contributed by atoms with Crippen LogP contribution in [0, 0.1) is 5.41 Å². The molecule has 2 N–H and O–H groups in total. The fraction of sp³-hybridized carbons (Fsp3) is 0.625. The number of fused-ring (bicyclic) bond motifs is 1. The molecule has 1 unspecified atom stereocenters. The number of rotatable bonds is 3. The van der Waals surface area contributed by atoms with Crippen LogP contribution in [0.25, 0.3) is 0 Å². The van der Waals surface area contributed by atoms with Gasteiger partial charge in [-0.1, -0.05) is 6.92 Å². The lowest BCUT2D eigenvalue weighted by Crippen LogP contribution is -2.43. The van der Waals surface area contributed by atoms with Crippen molar-refractivity contribution in [3.8, 4) is 11.5 Å². The Balaban J connectivity index is 1.60. The van der Waals surface area contributed by atoms with Gasteiger partial charge in [-0.15, -0.1) is 0 Å². The van der Waals surface area contributed by atoms with Gasteiger partial charge in [0, 0.05) is 18.2 Å². The molecule has 1 aromatic rings. The number of aromatic hydroxyl groups is 1. The van der Waals surface area contributed by atoms with Gasteiger partial charge < -0.3 is 20.1 Å². The Kier molecular flexibility index (Phi) is 3.61. The maximum Gasteiger partial charge on any atom is 0.127 e. The lowest BCUT2D eigenvalue weighted by molar-refractivity contribution is 0.131. The molecule has 20 heavy (non-hydrogen) atoms. The molecule has 0 spiro atoms. The van der Waals surface area contributed by atoms with Crippen LogP contribution in [0.5, 0.6) is 11.5 Å². The van der Waals surface area contributed by atoms with Crippen molar-refractivity contribution in [3.05, 3.63) is 23.8 Å². The first kappa shape index (κ1) is 13.7. The molecule has 2 heterocycles. The van der Waals surface area contributed by atoms with E-state index in [1.54, 1.807) is 12.1 Å². The summed E-state index contributed by atoms with van der Waals surface area (Å²) >= 11 is 0. The number of phenolic OH excluding ortho intramolecular Hbond substituents is 1. The van der Waals surface area contributed by atoms with Crippen LogP contribution in [0.2, 0.25) is 0 Å². The molecule has 1 fully saturated rings. The number of ether oxygens (including phenoxy) is 1. The van der Waals surface area contributed by atoms with Gasteiger partial charge in [-0.25, -0.2) is 0 Å². The van der Waals surface area contributed by atoms with Gasteiger partial charge in [-0.2, -0.15) is 0 Å².